The zero-order chi connectivity index (χ0) is 13.5. The number of phenols is 1. The second kappa shape index (κ2) is 3.97. The summed E-state index contributed by atoms with van der Waals surface area (Å²) in [7, 11) is -4.44. The van der Waals surface area contributed by atoms with E-state index in [9.17, 15) is 18.3 Å². The molecule has 0 saturated carbocycles. The van der Waals surface area contributed by atoms with Gasteiger partial charge >= 0.3 is 5.97 Å². The van der Waals surface area contributed by atoms with Crippen molar-refractivity contribution in [3.05, 3.63) is 35.9 Å². The van der Waals surface area contributed by atoms with Crippen LogP contribution >= 0.6 is 0 Å². The van der Waals surface area contributed by atoms with Crippen LogP contribution in [0.2, 0.25) is 0 Å². The molecule has 3 N–H and O–H groups in total. The van der Waals surface area contributed by atoms with Gasteiger partial charge in [-0.05, 0) is 12.1 Å². The molecule has 94 valence electrons. The molecular formula is C11H8O6S. The molecule has 6 nitrogen and oxygen atoms in total. The average Bonchev–Trinajstić information content (AvgIpc) is 2.27. The molecule has 0 heterocycles. The number of hydrogen-bond donors (Lipinski definition) is 3. The van der Waals surface area contributed by atoms with E-state index in [0.717, 1.165) is 12.1 Å². The summed E-state index contributed by atoms with van der Waals surface area (Å²) >= 11 is 0. The van der Waals surface area contributed by atoms with E-state index in [2.05, 4.69) is 0 Å². The van der Waals surface area contributed by atoms with Crippen LogP contribution in [0.15, 0.2) is 35.2 Å². The predicted octanol–water partition coefficient (Wildman–Crippen LogP) is 1.49. The molecule has 2 rings (SSSR count). The van der Waals surface area contributed by atoms with Crippen LogP contribution in [0.3, 0.4) is 0 Å². The van der Waals surface area contributed by atoms with E-state index in [1.807, 2.05) is 0 Å². The number of benzene rings is 2. The molecule has 0 fully saturated rings. The quantitative estimate of drug-likeness (QED) is 0.711. The largest absolute Gasteiger partial charge is 0.506 e. The fourth-order valence-electron chi connectivity index (χ4n) is 1.71. The van der Waals surface area contributed by atoms with Crippen LogP contribution in [0.1, 0.15) is 10.4 Å². The Balaban J connectivity index is 2.92. The van der Waals surface area contributed by atoms with Gasteiger partial charge in [0, 0.05) is 10.8 Å². The molecule has 0 aromatic heterocycles. The number of fused-ring (bicyclic) bond motifs is 1. The monoisotopic (exact) mass is 268 g/mol. The Kier molecular flexibility index (Phi) is 2.72. The molecule has 2 aromatic rings. The van der Waals surface area contributed by atoms with Gasteiger partial charge in [-0.3, -0.25) is 4.55 Å². The lowest BCUT2D eigenvalue weighted by Crippen LogP contribution is -2.01. The first-order valence-electron chi connectivity index (χ1n) is 4.78. The maximum atomic E-state index is 11.1. The zero-order valence-electron chi connectivity index (χ0n) is 8.86. The maximum absolute atomic E-state index is 11.1. The molecule has 0 radical (unpaired) electrons. The number of carbonyl (C=O) groups is 1. The van der Waals surface area contributed by atoms with E-state index in [0.29, 0.717) is 0 Å². The summed E-state index contributed by atoms with van der Waals surface area (Å²) in [5, 5.41) is 18.7. The normalized spacial score (nSPS) is 11.6. The second-order valence-electron chi connectivity index (χ2n) is 3.59. The minimum atomic E-state index is -4.44. The van der Waals surface area contributed by atoms with Crippen molar-refractivity contribution in [3.8, 4) is 5.75 Å². The molecule has 0 aliphatic heterocycles. The molecule has 0 bridgehead atoms. The Hall–Kier alpha value is -2.12. The summed E-state index contributed by atoms with van der Waals surface area (Å²) in [6.07, 6.45) is 0. The Bertz CT molecular complexity index is 747. The van der Waals surface area contributed by atoms with E-state index >= 15 is 0 Å². The van der Waals surface area contributed by atoms with Crippen molar-refractivity contribution < 1.29 is 28.0 Å². The van der Waals surface area contributed by atoms with Crippen molar-refractivity contribution >= 4 is 26.9 Å². The van der Waals surface area contributed by atoms with Crippen LogP contribution in [0.25, 0.3) is 10.8 Å². The Morgan fingerprint density at radius 3 is 2.28 bits per heavy atom. The number of hydrogen-bond acceptors (Lipinski definition) is 4. The van der Waals surface area contributed by atoms with Gasteiger partial charge in [-0.2, -0.15) is 8.42 Å². The molecular weight excluding hydrogens is 260 g/mol. The summed E-state index contributed by atoms with van der Waals surface area (Å²) < 4.78 is 31.3. The van der Waals surface area contributed by atoms with Gasteiger partial charge in [-0.15, -0.1) is 0 Å². The number of rotatable bonds is 2. The van der Waals surface area contributed by atoms with Crippen molar-refractivity contribution in [2.24, 2.45) is 0 Å². The number of aromatic carboxylic acids is 1. The minimum Gasteiger partial charge on any atom is -0.506 e. The smallest absolute Gasteiger partial charge is 0.339 e. The SMILES string of the molecule is O=C(O)c1ccc2c(S(=O)(=O)O)cccc2c1O. The molecule has 0 amide bonds. The zero-order valence-corrected chi connectivity index (χ0v) is 9.68. The highest BCUT2D eigenvalue weighted by Gasteiger charge is 2.18. The van der Waals surface area contributed by atoms with Gasteiger partial charge < -0.3 is 10.2 Å². The molecule has 0 saturated heterocycles. The highest BCUT2D eigenvalue weighted by atomic mass is 32.2. The van der Waals surface area contributed by atoms with Gasteiger partial charge in [0.15, 0.2) is 0 Å². The van der Waals surface area contributed by atoms with Crippen LogP contribution in [0.5, 0.6) is 5.75 Å². The lowest BCUT2D eigenvalue weighted by atomic mass is 10.1. The van der Waals surface area contributed by atoms with Crippen LogP contribution in [0.4, 0.5) is 0 Å². The highest BCUT2D eigenvalue weighted by Crippen LogP contribution is 2.32. The van der Waals surface area contributed by atoms with E-state index < -0.39 is 21.8 Å². The molecule has 0 aliphatic carbocycles. The third kappa shape index (κ3) is 1.89. The van der Waals surface area contributed by atoms with Crippen molar-refractivity contribution in [2.75, 3.05) is 0 Å². The van der Waals surface area contributed by atoms with Crippen molar-refractivity contribution in [1.29, 1.82) is 0 Å². The first-order valence-corrected chi connectivity index (χ1v) is 6.22. The third-order valence-corrected chi connectivity index (χ3v) is 3.41. The summed E-state index contributed by atoms with van der Waals surface area (Å²) in [4.78, 5) is 10.4. The van der Waals surface area contributed by atoms with Gasteiger partial charge in [-0.25, -0.2) is 4.79 Å². The van der Waals surface area contributed by atoms with Crippen molar-refractivity contribution in [1.82, 2.24) is 0 Å². The standard InChI is InChI=1S/C11H8O6S/c12-10-7-2-1-3-9(18(15,16)17)6(7)4-5-8(10)11(13)14/h1-5,12H,(H,13,14)(H,15,16,17). The van der Waals surface area contributed by atoms with E-state index in [4.69, 9.17) is 9.66 Å². The fraction of sp³-hybridized carbons (Fsp3) is 0. The summed E-state index contributed by atoms with van der Waals surface area (Å²) in [5.41, 5.74) is -0.338. The fourth-order valence-corrected chi connectivity index (χ4v) is 2.42. The summed E-state index contributed by atoms with van der Waals surface area (Å²) in [5.74, 6) is -1.86. The Morgan fingerprint density at radius 1 is 1.06 bits per heavy atom. The summed E-state index contributed by atoms with van der Waals surface area (Å²) in [6.45, 7) is 0. The third-order valence-electron chi connectivity index (χ3n) is 2.50. The summed E-state index contributed by atoms with van der Waals surface area (Å²) in [6, 6.07) is 6.14. The van der Waals surface area contributed by atoms with Gasteiger partial charge in [0.2, 0.25) is 0 Å². The topological polar surface area (TPSA) is 112 Å². The van der Waals surface area contributed by atoms with E-state index in [-0.39, 0.29) is 21.2 Å². The lowest BCUT2D eigenvalue weighted by molar-refractivity contribution is 0.0694. The van der Waals surface area contributed by atoms with Crippen LogP contribution < -0.4 is 0 Å². The average molecular weight is 268 g/mol. The first kappa shape index (κ1) is 12.3. The van der Waals surface area contributed by atoms with Crippen LogP contribution in [-0.4, -0.2) is 29.2 Å². The Morgan fingerprint density at radius 2 is 1.72 bits per heavy atom. The van der Waals surface area contributed by atoms with Crippen molar-refractivity contribution in [3.63, 3.8) is 0 Å². The highest BCUT2D eigenvalue weighted by molar-refractivity contribution is 7.86. The molecule has 0 atom stereocenters. The predicted molar refractivity (Wildman–Crippen MR) is 62.4 cm³/mol. The molecule has 0 aliphatic rings. The second-order valence-corrected chi connectivity index (χ2v) is 4.98. The van der Waals surface area contributed by atoms with Gasteiger partial charge in [0.25, 0.3) is 10.1 Å². The van der Waals surface area contributed by atoms with E-state index in [1.165, 1.54) is 18.2 Å². The lowest BCUT2D eigenvalue weighted by Gasteiger charge is -2.07. The number of aromatic hydroxyl groups is 1. The molecule has 7 heteroatoms. The van der Waals surface area contributed by atoms with E-state index in [1.54, 1.807) is 0 Å². The van der Waals surface area contributed by atoms with Gasteiger partial charge in [0.1, 0.15) is 16.2 Å². The molecule has 0 spiro atoms. The number of carboxylic acids is 1. The minimum absolute atomic E-state index is 0.0463. The van der Waals surface area contributed by atoms with Crippen molar-refractivity contribution in [2.45, 2.75) is 4.90 Å². The van der Waals surface area contributed by atoms with Crippen LogP contribution in [0, 0.1) is 0 Å². The first-order chi connectivity index (χ1) is 8.32. The van der Waals surface area contributed by atoms with Gasteiger partial charge in [0.05, 0.1) is 0 Å². The molecule has 0 unspecified atom stereocenters. The Labute approximate surface area is 102 Å². The van der Waals surface area contributed by atoms with Gasteiger partial charge in [-0.1, -0.05) is 18.2 Å². The van der Waals surface area contributed by atoms with Crippen LogP contribution in [-0.2, 0) is 10.1 Å². The molecule has 2 aromatic carbocycles. The maximum Gasteiger partial charge on any atom is 0.339 e. The molecule has 18 heavy (non-hydrogen) atoms. The number of carboxylic acid groups (broad SMARTS) is 1.